The van der Waals surface area contributed by atoms with Crippen LogP contribution in [0.5, 0.6) is 0 Å². The number of furan rings is 1. The monoisotopic (exact) mass is 190 g/mol. The van der Waals surface area contributed by atoms with E-state index >= 15 is 0 Å². The van der Waals surface area contributed by atoms with Crippen molar-refractivity contribution in [1.29, 1.82) is 0 Å². The Labute approximate surface area is 82.9 Å². The van der Waals surface area contributed by atoms with Gasteiger partial charge in [0.1, 0.15) is 5.58 Å². The van der Waals surface area contributed by atoms with Gasteiger partial charge < -0.3 is 10.2 Å². The van der Waals surface area contributed by atoms with Gasteiger partial charge in [-0.1, -0.05) is 13.3 Å². The van der Waals surface area contributed by atoms with Gasteiger partial charge >= 0.3 is 0 Å². The van der Waals surface area contributed by atoms with E-state index in [9.17, 15) is 0 Å². The quantitative estimate of drug-likeness (QED) is 0.809. The van der Waals surface area contributed by atoms with Crippen LogP contribution >= 0.6 is 0 Å². The first kappa shape index (κ1) is 9.21. The lowest BCUT2D eigenvalue weighted by molar-refractivity contribution is 0.603. The third kappa shape index (κ3) is 1.63. The van der Waals surface area contributed by atoms with Crippen LogP contribution in [-0.4, -0.2) is 4.98 Å². The number of fused-ring (bicyclic) bond motifs is 1. The topological polar surface area (TPSA) is 52.0 Å². The van der Waals surface area contributed by atoms with Crippen molar-refractivity contribution in [3.8, 4) is 0 Å². The first-order valence-corrected chi connectivity index (χ1v) is 4.90. The van der Waals surface area contributed by atoms with Gasteiger partial charge in [0.25, 0.3) is 0 Å². The van der Waals surface area contributed by atoms with E-state index in [-0.39, 0.29) is 6.04 Å². The van der Waals surface area contributed by atoms with Gasteiger partial charge in [-0.15, -0.1) is 0 Å². The van der Waals surface area contributed by atoms with Gasteiger partial charge in [0.2, 0.25) is 0 Å². The molecule has 1 unspecified atom stereocenters. The van der Waals surface area contributed by atoms with Crippen LogP contribution in [0.25, 0.3) is 11.0 Å². The maximum Gasteiger partial charge on any atom is 0.137 e. The van der Waals surface area contributed by atoms with Crippen molar-refractivity contribution in [3.05, 3.63) is 30.3 Å². The highest BCUT2D eigenvalue weighted by Gasteiger charge is 2.07. The molecule has 0 fully saturated rings. The Bertz CT molecular complexity index is 422. The predicted molar refractivity (Wildman–Crippen MR) is 55.8 cm³/mol. The largest absolute Gasteiger partial charge is 0.464 e. The van der Waals surface area contributed by atoms with E-state index in [1.165, 1.54) is 0 Å². The Kier molecular flexibility index (Phi) is 2.50. The Morgan fingerprint density at radius 1 is 1.57 bits per heavy atom. The average molecular weight is 190 g/mol. The molecule has 0 radical (unpaired) electrons. The van der Waals surface area contributed by atoms with Crippen molar-refractivity contribution >= 4 is 11.0 Å². The Hall–Kier alpha value is -1.35. The molecule has 0 aromatic carbocycles. The third-order valence-corrected chi connectivity index (χ3v) is 2.34. The summed E-state index contributed by atoms with van der Waals surface area (Å²) in [5, 5.41) is 1.03. The highest BCUT2D eigenvalue weighted by Crippen LogP contribution is 2.19. The number of pyridine rings is 1. The van der Waals surface area contributed by atoms with Crippen LogP contribution in [0.2, 0.25) is 0 Å². The molecule has 0 saturated heterocycles. The predicted octanol–water partition coefficient (Wildman–Crippen LogP) is 2.63. The Morgan fingerprint density at radius 2 is 2.43 bits per heavy atom. The Morgan fingerprint density at radius 3 is 3.21 bits per heavy atom. The smallest absolute Gasteiger partial charge is 0.137 e. The molecule has 2 rings (SSSR count). The normalized spacial score (nSPS) is 13.3. The fraction of sp³-hybridized carbons (Fsp3) is 0.364. The molecular weight excluding hydrogens is 176 g/mol. The molecule has 74 valence electrons. The van der Waals surface area contributed by atoms with Crippen LogP contribution in [0.3, 0.4) is 0 Å². The Balaban J connectivity index is 2.33. The second-order valence-electron chi connectivity index (χ2n) is 3.46. The van der Waals surface area contributed by atoms with Crippen molar-refractivity contribution in [3.63, 3.8) is 0 Å². The zero-order valence-electron chi connectivity index (χ0n) is 8.23. The summed E-state index contributed by atoms with van der Waals surface area (Å²) < 4.78 is 5.29. The van der Waals surface area contributed by atoms with Gasteiger partial charge in [-0.2, -0.15) is 0 Å². The lowest BCUT2D eigenvalue weighted by Crippen LogP contribution is -2.11. The molecule has 14 heavy (non-hydrogen) atoms. The lowest BCUT2D eigenvalue weighted by atomic mass is 10.1. The summed E-state index contributed by atoms with van der Waals surface area (Å²) >= 11 is 0. The van der Waals surface area contributed by atoms with E-state index < -0.39 is 0 Å². The molecule has 0 aliphatic rings. The van der Waals surface area contributed by atoms with E-state index in [2.05, 4.69) is 11.9 Å². The molecule has 0 amide bonds. The highest BCUT2D eigenvalue weighted by atomic mass is 16.3. The molecule has 0 aliphatic carbocycles. The van der Waals surface area contributed by atoms with Crippen LogP contribution in [-0.2, 0) is 0 Å². The number of hydrogen-bond donors (Lipinski definition) is 1. The van der Waals surface area contributed by atoms with E-state index in [1.807, 2.05) is 18.3 Å². The minimum atomic E-state index is 0.0227. The fourth-order valence-corrected chi connectivity index (χ4v) is 1.53. The van der Waals surface area contributed by atoms with Crippen molar-refractivity contribution in [2.75, 3.05) is 0 Å². The van der Waals surface area contributed by atoms with E-state index in [0.717, 1.165) is 29.5 Å². The van der Waals surface area contributed by atoms with Gasteiger partial charge in [0, 0.05) is 23.7 Å². The maximum absolute atomic E-state index is 5.96. The van der Waals surface area contributed by atoms with Crippen molar-refractivity contribution in [2.45, 2.75) is 25.8 Å². The number of aromatic nitrogens is 1. The third-order valence-electron chi connectivity index (χ3n) is 2.34. The van der Waals surface area contributed by atoms with Gasteiger partial charge in [-0.05, 0) is 12.5 Å². The van der Waals surface area contributed by atoms with Crippen LogP contribution in [0.4, 0.5) is 0 Å². The van der Waals surface area contributed by atoms with Gasteiger partial charge in [-0.25, -0.2) is 0 Å². The van der Waals surface area contributed by atoms with Gasteiger partial charge in [0.05, 0.1) is 12.0 Å². The summed E-state index contributed by atoms with van der Waals surface area (Å²) in [7, 11) is 0. The summed E-state index contributed by atoms with van der Waals surface area (Å²) in [5.41, 5.74) is 7.74. The molecule has 3 heteroatoms. The van der Waals surface area contributed by atoms with Crippen LogP contribution in [0.1, 0.15) is 31.5 Å². The molecule has 0 bridgehead atoms. The number of rotatable bonds is 3. The van der Waals surface area contributed by atoms with E-state index in [4.69, 9.17) is 10.2 Å². The molecule has 0 aliphatic heterocycles. The fourth-order valence-electron chi connectivity index (χ4n) is 1.53. The van der Waals surface area contributed by atoms with Crippen LogP contribution < -0.4 is 5.73 Å². The number of nitrogens with zero attached hydrogens (tertiary/aromatic N) is 1. The summed E-state index contributed by atoms with van der Waals surface area (Å²) in [5.74, 6) is 0. The molecule has 2 heterocycles. The number of nitrogens with two attached hydrogens (primary N) is 1. The summed E-state index contributed by atoms with van der Waals surface area (Å²) in [6, 6.07) is 3.85. The van der Waals surface area contributed by atoms with Crippen LogP contribution in [0, 0.1) is 0 Å². The SMILES string of the molecule is CCCC(N)c1cc2occc2cn1. The number of hydrogen-bond acceptors (Lipinski definition) is 3. The van der Waals surface area contributed by atoms with Crippen molar-refractivity contribution in [2.24, 2.45) is 5.73 Å². The molecule has 3 nitrogen and oxygen atoms in total. The van der Waals surface area contributed by atoms with Crippen molar-refractivity contribution < 1.29 is 4.42 Å². The maximum atomic E-state index is 5.96. The second-order valence-corrected chi connectivity index (χ2v) is 3.46. The van der Waals surface area contributed by atoms with E-state index in [0.29, 0.717) is 0 Å². The second kappa shape index (κ2) is 3.80. The minimum absolute atomic E-state index is 0.0227. The zero-order chi connectivity index (χ0) is 9.97. The van der Waals surface area contributed by atoms with Gasteiger partial charge in [-0.3, -0.25) is 4.98 Å². The standard InChI is InChI=1S/C11H14N2O/c1-2-3-9(12)10-6-11-8(7-13-10)4-5-14-11/h4-7,9H,2-3,12H2,1H3. The zero-order valence-corrected chi connectivity index (χ0v) is 8.23. The van der Waals surface area contributed by atoms with Crippen molar-refractivity contribution in [1.82, 2.24) is 4.98 Å². The molecule has 0 saturated carbocycles. The molecular formula is C11H14N2O. The lowest BCUT2D eigenvalue weighted by Gasteiger charge is -2.08. The van der Waals surface area contributed by atoms with E-state index in [1.54, 1.807) is 6.26 Å². The summed E-state index contributed by atoms with van der Waals surface area (Å²) in [6.07, 6.45) is 5.50. The van der Waals surface area contributed by atoms with Crippen LogP contribution in [0.15, 0.2) is 29.0 Å². The highest BCUT2D eigenvalue weighted by molar-refractivity contribution is 5.76. The first-order chi connectivity index (χ1) is 6.81. The first-order valence-electron chi connectivity index (χ1n) is 4.90. The molecule has 2 aromatic rings. The summed E-state index contributed by atoms with van der Waals surface area (Å²) in [4.78, 5) is 4.31. The summed E-state index contributed by atoms with van der Waals surface area (Å²) in [6.45, 7) is 2.12. The van der Waals surface area contributed by atoms with Gasteiger partial charge in [0.15, 0.2) is 0 Å². The molecule has 2 N–H and O–H groups in total. The minimum Gasteiger partial charge on any atom is -0.464 e. The average Bonchev–Trinajstić information content (AvgIpc) is 2.64. The molecule has 2 aromatic heterocycles. The molecule has 1 atom stereocenters. The molecule has 0 spiro atoms.